The molecule has 3 nitrogen and oxygen atoms in total. The predicted molar refractivity (Wildman–Crippen MR) is 66.6 cm³/mol. The Morgan fingerprint density at radius 1 is 1.29 bits per heavy atom. The summed E-state index contributed by atoms with van der Waals surface area (Å²) < 4.78 is 5.89. The first-order valence-electron chi connectivity index (χ1n) is 6.69. The maximum atomic E-state index is 5.89. The Hall–Kier alpha value is -0.930. The molecule has 0 amide bonds. The van der Waals surface area contributed by atoms with Gasteiger partial charge in [-0.05, 0) is 25.0 Å². The van der Waals surface area contributed by atoms with Crippen LogP contribution in [-0.4, -0.2) is 35.2 Å². The number of fused-ring (bicyclic) bond motifs is 1. The van der Waals surface area contributed by atoms with Crippen molar-refractivity contribution in [1.29, 1.82) is 0 Å². The molecule has 17 heavy (non-hydrogen) atoms. The molecule has 3 rings (SSSR count). The Kier molecular flexibility index (Phi) is 3.39. The Labute approximate surface area is 103 Å². The molecule has 0 radical (unpaired) electrons. The van der Waals surface area contributed by atoms with Crippen molar-refractivity contribution in [2.24, 2.45) is 0 Å². The number of rotatable bonds is 2. The number of nitrogens with zero attached hydrogens (tertiary/aromatic N) is 2. The maximum absolute atomic E-state index is 5.89. The first-order valence-corrected chi connectivity index (χ1v) is 6.69. The third-order valence-corrected chi connectivity index (χ3v) is 3.94. The second kappa shape index (κ2) is 5.15. The normalized spacial score (nSPS) is 29.9. The fraction of sp³-hybridized carbons (Fsp3) is 0.643. The zero-order chi connectivity index (χ0) is 11.5. The molecule has 0 N–H and O–H groups in total. The summed E-state index contributed by atoms with van der Waals surface area (Å²) in [4.78, 5) is 6.99. The van der Waals surface area contributed by atoms with Crippen LogP contribution in [0.25, 0.3) is 0 Å². The van der Waals surface area contributed by atoms with Gasteiger partial charge in [-0.1, -0.05) is 18.9 Å². The van der Waals surface area contributed by atoms with E-state index in [4.69, 9.17) is 4.74 Å². The molecule has 2 unspecified atom stereocenters. The number of aromatic nitrogens is 1. The summed E-state index contributed by atoms with van der Waals surface area (Å²) in [6.45, 7) is 2.91. The Morgan fingerprint density at radius 2 is 2.24 bits per heavy atom. The number of hydrogen-bond donors (Lipinski definition) is 0. The highest BCUT2D eigenvalue weighted by molar-refractivity contribution is 5.04. The topological polar surface area (TPSA) is 25.4 Å². The fourth-order valence-electron chi connectivity index (χ4n) is 3.07. The lowest BCUT2D eigenvalue weighted by molar-refractivity contribution is -0.0914. The molecule has 1 aliphatic carbocycles. The molecule has 0 aromatic carbocycles. The van der Waals surface area contributed by atoms with Gasteiger partial charge in [-0.3, -0.25) is 9.88 Å². The van der Waals surface area contributed by atoms with Crippen LogP contribution in [0, 0.1) is 0 Å². The summed E-state index contributed by atoms with van der Waals surface area (Å²) in [5.41, 5.74) is 1.18. The van der Waals surface area contributed by atoms with Crippen LogP contribution in [0.4, 0.5) is 0 Å². The Morgan fingerprint density at radius 3 is 3.12 bits per heavy atom. The minimum atomic E-state index is 0.473. The quantitative estimate of drug-likeness (QED) is 0.782. The summed E-state index contributed by atoms with van der Waals surface area (Å²) in [6, 6.07) is 6.79. The van der Waals surface area contributed by atoms with Gasteiger partial charge < -0.3 is 4.74 Å². The highest BCUT2D eigenvalue weighted by Gasteiger charge is 2.33. The van der Waals surface area contributed by atoms with E-state index in [0.717, 1.165) is 19.7 Å². The molecule has 2 heterocycles. The van der Waals surface area contributed by atoms with Crippen LogP contribution < -0.4 is 0 Å². The van der Waals surface area contributed by atoms with Crippen molar-refractivity contribution in [2.75, 3.05) is 13.2 Å². The molecule has 0 spiro atoms. The van der Waals surface area contributed by atoms with E-state index in [0.29, 0.717) is 12.1 Å². The van der Waals surface area contributed by atoms with E-state index in [1.807, 2.05) is 12.3 Å². The lowest BCUT2D eigenvalue weighted by Crippen LogP contribution is -2.52. The molecule has 0 bridgehead atoms. The van der Waals surface area contributed by atoms with Crippen LogP contribution >= 0.6 is 0 Å². The third-order valence-electron chi connectivity index (χ3n) is 3.94. The van der Waals surface area contributed by atoms with Crippen molar-refractivity contribution in [1.82, 2.24) is 9.88 Å². The standard InChI is InChI=1S/C14H20N2O/c1-2-7-14-13(6-1)16(9-10-17-14)11-12-5-3-4-8-15-12/h3-5,8,13-14H,1-2,6-7,9-11H2. The SMILES string of the molecule is c1ccc(CN2CCOC3CCCCC32)nc1. The van der Waals surface area contributed by atoms with Gasteiger partial charge in [-0.25, -0.2) is 0 Å². The van der Waals surface area contributed by atoms with Gasteiger partial charge in [0.15, 0.2) is 0 Å². The Balaban J connectivity index is 1.69. The predicted octanol–water partition coefficient (Wildman–Crippen LogP) is 2.22. The van der Waals surface area contributed by atoms with Crippen molar-refractivity contribution in [2.45, 2.75) is 44.4 Å². The lowest BCUT2D eigenvalue weighted by atomic mass is 9.90. The van der Waals surface area contributed by atoms with Crippen molar-refractivity contribution >= 4 is 0 Å². The summed E-state index contributed by atoms with van der Waals surface area (Å²) in [7, 11) is 0. The molecule has 1 aromatic heterocycles. The highest BCUT2D eigenvalue weighted by Crippen LogP contribution is 2.29. The van der Waals surface area contributed by atoms with Crippen LogP contribution in [-0.2, 0) is 11.3 Å². The summed E-state index contributed by atoms with van der Waals surface area (Å²) in [5.74, 6) is 0. The second-order valence-electron chi connectivity index (χ2n) is 5.05. The first-order chi connectivity index (χ1) is 8.43. The molecule has 2 aliphatic rings. The van der Waals surface area contributed by atoms with Crippen LogP contribution in [0.5, 0.6) is 0 Å². The summed E-state index contributed by atoms with van der Waals surface area (Å²) in [5, 5.41) is 0. The molecule has 2 fully saturated rings. The van der Waals surface area contributed by atoms with Gasteiger partial charge in [-0.2, -0.15) is 0 Å². The number of ether oxygens (including phenoxy) is 1. The van der Waals surface area contributed by atoms with Gasteiger partial charge in [0.2, 0.25) is 0 Å². The molecule has 1 aliphatic heterocycles. The van der Waals surface area contributed by atoms with Crippen molar-refractivity contribution in [3.8, 4) is 0 Å². The number of hydrogen-bond acceptors (Lipinski definition) is 3. The average molecular weight is 232 g/mol. The smallest absolute Gasteiger partial charge is 0.0731 e. The molecule has 2 atom stereocenters. The molecule has 1 saturated heterocycles. The second-order valence-corrected chi connectivity index (χ2v) is 5.05. The minimum absolute atomic E-state index is 0.473. The molecular weight excluding hydrogens is 212 g/mol. The maximum Gasteiger partial charge on any atom is 0.0731 e. The largest absolute Gasteiger partial charge is 0.375 e. The van der Waals surface area contributed by atoms with Crippen molar-refractivity contribution in [3.63, 3.8) is 0 Å². The van der Waals surface area contributed by atoms with E-state index in [-0.39, 0.29) is 0 Å². The lowest BCUT2D eigenvalue weighted by Gasteiger charge is -2.43. The van der Waals surface area contributed by atoms with Crippen LogP contribution in [0.3, 0.4) is 0 Å². The highest BCUT2D eigenvalue weighted by atomic mass is 16.5. The van der Waals surface area contributed by atoms with Crippen LogP contribution in [0.1, 0.15) is 31.4 Å². The number of morpholine rings is 1. The van der Waals surface area contributed by atoms with Gasteiger partial charge >= 0.3 is 0 Å². The van der Waals surface area contributed by atoms with Gasteiger partial charge in [0.05, 0.1) is 18.4 Å². The van der Waals surface area contributed by atoms with E-state index < -0.39 is 0 Å². The Bertz CT molecular complexity index is 352. The van der Waals surface area contributed by atoms with Crippen LogP contribution in [0.15, 0.2) is 24.4 Å². The van der Waals surface area contributed by atoms with E-state index in [9.17, 15) is 0 Å². The van der Waals surface area contributed by atoms with Gasteiger partial charge in [0.25, 0.3) is 0 Å². The molecule has 1 saturated carbocycles. The monoisotopic (exact) mass is 232 g/mol. The van der Waals surface area contributed by atoms with Crippen molar-refractivity contribution in [3.05, 3.63) is 30.1 Å². The van der Waals surface area contributed by atoms with Crippen LogP contribution in [0.2, 0.25) is 0 Å². The number of pyridine rings is 1. The average Bonchev–Trinajstić information content (AvgIpc) is 2.40. The zero-order valence-corrected chi connectivity index (χ0v) is 10.2. The van der Waals surface area contributed by atoms with E-state index in [2.05, 4.69) is 22.0 Å². The van der Waals surface area contributed by atoms with Gasteiger partial charge in [-0.15, -0.1) is 0 Å². The fourth-order valence-corrected chi connectivity index (χ4v) is 3.07. The molecular formula is C14H20N2O. The van der Waals surface area contributed by atoms with Gasteiger partial charge in [0, 0.05) is 25.3 Å². The summed E-state index contributed by atoms with van der Waals surface area (Å²) in [6.07, 6.45) is 7.57. The molecule has 1 aromatic rings. The van der Waals surface area contributed by atoms with E-state index in [1.54, 1.807) is 0 Å². The van der Waals surface area contributed by atoms with E-state index in [1.165, 1.54) is 31.4 Å². The van der Waals surface area contributed by atoms with Gasteiger partial charge in [0.1, 0.15) is 0 Å². The third kappa shape index (κ3) is 2.50. The van der Waals surface area contributed by atoms with Crippen molar-refractivity contribution < 1.29 is 4.74 Å². The summed E-state index contributed by atoms with van der Waals surface area (Å²) >= 11 is 0. The van der Waals surface area contributed by atoms with E-state index >= 15 is 0 Å². The zero-order valence-electron chi connectivity index (χ0n) is 10.2. The first kappa shape index (κ1) is 11.2. The molecule has 92 valence electrons. The molecule has 3 heteroatoms. The minimum Gasteiger partial charge on any atom is -0.375 e.